The third-order valence-electron chi connectivity index (χ3n) is 6.35. The van der Waals surface area contributed by atoms with Gasteiger partial charge in [-0.05, 0) is 29.3 Å². The van der Waals surface area contributed by atoms with Crippen molar-refractivity contribution < 1.29 is 0 Å². The Hall–Kier alpha value is -4.28. The lowest BCUT2D eigenvalue weighted by molar-refractivity contribution is 1.01. The van der Waals surface area contributed by atoms with Crippen LogP contribution in [0, 0.1) is 0 Å². The minimum Gasteiger partial charge on any atom is -0.278 e. The van der Waals surface area contributed by atoms with E-state index < -0.39 is 0 Å². The summed E-state index contributed by atoms with van der Waals surface area (Å²) in [5, 5.41) is 7.76. The van der Waals surface area contributed by atoms with E-state index in [1.165, 1.54) is 21.9 Å². The number of hydrogen-bond donors (Lipinski definition) is 0. The molecule has 0 radical (unpaired) electrons. The molecule has 0 aliphatic rings. The van der Waals surface area contributed by atoms with Crippen molar-refractivity contribution in [2.75, 3.05) is 0 Å². The Bertz CT molecular complexity index is 1760. The molecule has 0 aliphatic carbocycles. The Labute approximate surface area is 200 Å². The first-order valence-corrected chi connectivity index (χ1v) is 12.2. The van der Waals surface area contributed by atoms with E-state index in [0.717, 1.165) is 33.2 Å². The number of benzene rings is 4. The summed E-state index contributed by atoms with van der Waals surface area (Å²) in [6, 6.07) is 36.1. The molecule has 160 valence electrons. The maximum Gasteiger partial charge on any atom is 0.235 e. The Kier molecular flexibility index (Phi) is 4.32. The van der Waals surface area contributed by atoms with E-state index in [1.54, 1.807) is 11.3 Å². The smallest absolute Gasteiger partial charge is 0.235 e. The predicted molar refractivity (Wildman–Crippen MR) is 143 cm³/mol. The number of thiophene rings is 1. The average Bonchev–Trinajstić information content (AvgIpc) is 3.51. The van der Waals surface area contributed by atoms with Gasteiger partial charge < -0.3 is 0 Å². The van der Waals surface area contributed by atoms with Crippen molar-refractivity contribution in [1.29, 1.82) is 0 Å². The van der Waals surface area contributed by atoms with Crippen molar-refractivity contribution in [1.82, 2.24) is 14.5 Å². The molecule has 0 unspecified atom stereocenters. The van der Waals surface area contributed by atoms with Gasteiger partial charge >= 0.3 is 0 Å². The first-order valence-electron chi connectivity index (χ1n) is 11.3. The first kappa shape index (κ1) is 19.2. The van der Waals surface area contributed by atoms with Gasteiger partial charge in [0, 0.05) is 32.5 Å². The van der Waals surface area contributed by atoms with Crippen LogP contribution in [0.25, 0.3) is 61.0 Å². The Balaban J connectivity index is 1.51. The average molecular weight is 454 g/mol. The fraction of sp³-hybridized carbons (Fsp3) is 0. The van der Waals surface area contributed by atoms with Gasteiger partial charge in [0.05, 0.1) is 22.2 Å². The molecule has 0 aliphatic heterocycles. The lowest BCUT2D eigenvalue weighted by Crippen LogP contribution is -2.02. The number of hydrogen-bond acceptors (Lipinski definition) is 3. The van der Waals surface area contributed by atoms with E-state index in [-0.39, 0.29) is 0 Å². The Morgan fingerprint density at radius 2 is 1.18 bits per heavy atom. The molecule has 4 aromatic carbocycles. The van der Waals surface area contributed by atoms with Gasteiger partial charge in [0.25, 0.3) is 0 Å². The maximum absolute atomic E-state index is 5.18. The van der Waals surface area contributed by atoms with E-state index in [1.807, 2.05) is 6.07 Å². The van der Waals surface area contributed by atoms with Gasteiger partial charge in [-0.3, -0.25) is 4.57 Å². The molecule has 3 heterocycles. The lowest BCUT2D eigenvalue weighted by atomic mass is 10.0. The second kappa shape index (κ2) is 7.65. The minimum atomic E-state index is 0.698. The topological polar surface area (TPSA) is 30.7 Å². The van der Waals surface area contributed by atoms with Gasteiger partial charge in [0.2, 0.25) is 5.95 Å². The third-order valence-corrected chi connectivity index (χ3v) is 7.08. The molecule has 0 bridgehead atoms. The molecule has 0 saturated heterocycles. The molecule has 7 aromatic rings. The van der Waals surface area contributed by atoms with Crippen molar-refractivity contribution in [3.05, 3.63) is 114 Å². The van der Waals surface area contributed by atoms with Crippen LogP contribution in [0.15, 0.2) is 114 Å². The molecule has 0 amide bonds. The van der Waals surface area contributed by atoms with Crippen LogP contribution < -0.4 is 0 Å². The fourth-order valence-electron chi connectivity index (χ4n) is 4.78. The SMILES string of the molecule is c1ccc(-c2cccc(-c3nc(-n4c5ccccc5c5ccccc54)nc4cscc34)c2)cc1. The van der Waals surface area contributed by atoms with Gasteiger partial charge in [0.1, 0.15) is 0 Å². The van der Waals surface area contributed by atoms with Gasteiger partial charge in [-0.15, -0.1) is 11.3 Å². The van der Waals surface area contributed by atoms with Gasteiger partial charge in [-0.2, -0.15) is 0 Å². The van der Waals surface area contributed by atoms with Crippen molar-refractivity contribution in [3.8, 4) is 28.3 Å². The highest BCUT2D eigenvalue weighted by Crippen LogP contribution is 2.35. The van der Waals surface area contributed by atoms with Crippen LogP contribution in [0.1, 0.15) is 0 Å². The summed E-state index contributed by atoms with van der Waals surface area (Å²) in [5.41, 5.74) is 7.62. The number of rotatable bonds is 3. The molecule has 0 N–H and O–H groups in total. The van der Waals surface area contributed by atoms with Crippen molar-refractivity contribution >= 4 is 44.0 Å². The minimum absolute atomic E-state index is 0.698. The highest BCUT2D eigenvalue weighted by atomic mass is 32.1. The number of fused-ring (bicyclic) bond motifs is 4. The summed E-state index contributed by atoms with van der Waals surface area (Å²) < 4.78 is 2.19. The fourth-order valence-corrected chi connectivity index (χ4v) is 5.53. The molecule has 3 aromatic heterocycles. The van der Waals surface area contributed by atoms with Crippen LogP contribution in [-0.4, -0.2) is 14.5 Å². The summed E-state index contributed by atoms with van der Waals surface area (Å²) >= 11 is 1.66. The molecule has 0 spiro atoms. The molecular formula is C30H19N3S. The van der Waals surface area contributed by atoms with Crippen LogP contribution in [0.5, 0.6) is 0 Å². The van der Waals surface area contributed by atoms with Gasteiger partial charge in [-0.1, -0.05) is 84.9 Å². The zero-order valence-corrected chi connectivity index (χ0v) is 19.0. The van der Waals surface area contributed by atoms with Gasteiger partial charge in [0.15, 0.2) is 0 Å². The molecule has 0 fully saturated rings. The standard InChI is InChI=1S/C30H19N3S/c1-2-9-20(10-3-1)21-11-8-12-22(17-21)29-25-18-34-19-26(25)31-30(32-29)33-27-15-6-4-13-23(27)24-14-5-7-16-28(24)33/h1-19H. The van der Waals surface area contributed by atoms with Crippen LogP contribution in [-0.2, 0) is 0 Å². The number of nitrogens with zero attached hydrogens (tertiary/aromatic N) is 3. The number of para-hydroxylation sites is 2. The van der Waals surface area contributed by atoms with Crippen molar-refractivity contribution in [2.24, 2.45) is 0 Å². The molecular weight excluding hydrogens is 434 g/mol. The van der Waals surface area contributed by atoms with Gasteiger partial charge in [-0.25, -0.2) is 9.97 Å². The normalized spacial score (nSPS) is 11.5. The van der Waals surface area contributed by atoms with E-state index in [9.17, 15) is 0 Å². The zero-order valence-electron chi connectivity index (χ0n) is 18.2. The molecule has 3 nitrogen and oxygen atoms in total. The highest BCUT2D eigenvalue weighted by molar-refractivity contribution is 7.09. The van der Waals surface area contributed by atoms with Crippen LogP contribution >= 0.6 is 11.3 Å². The first-order chi connectivity index (χ1) is 16.9. The largest absolute Gasteiger partial charge is 0.278 e. The molecule has 0 atom stereocenters. The molecule has 4 heteroatoms. The van der Waals surface area contributed by atoms with Crippen LogP contribution in [0.3, 0.4) is 0 Å². The highest BCUT2D eigenvalue weighted by Gasteiger charge is 2.17. The third kappa shape index (κ3) is 2.96. The Morgan fingerprint density at radius 3 is 1.94 bits per heavy atom. The zero-order chi connectivity index (χ0) is 22.5. The van der Waals surface area contributed by atoms with Crippen molar-refractivity contribution in [3.63, 3.8) is 0 Å². The predicted octanol–water partition coefficient (Wildman–Crippen LogP) is 8.12. The molecule has 7 rings (SSSR count). The quantitative estimate of drug-likeness (QED) is 0.270. The summed E-state index contributed by atoms with van der Waals surface area (Å²) in [6.45, 7) is 0. The monoisotopic (exact) mass is 453 g/mol. The van der Waals surface area contributed by atoms with E-state index in [0.29, 0.717) is 5.95 Å². The van der Waals surface area contributed by atoms with Crippen molar-refractivity contribution in [2.45, 2.75) is 0 Å². The second-order valence-electron chi connectivity index (χ2n) is 8.36. The van der Waals surface area contributed by atoms with E-state index in [2.05, 4.69) is 112 Å². The maximum atomic E-state index is 5.18. The number of aromatic nitrogens is 3. The summed E-state index contributed by atoms with van der Waals surface area (Å²) in [4.78, 5) is 10.2. The lowest BCUT2D eigenvalue weighted by Gasteiger charge is -2.11. The molecule has 34 heavy (non-hydrogen) atoms. The Morgan fingerprint density at radius 1 is 0.529 bits per heavy atom. The van der Waals surface area contributed by atoms with E-state index >= 15 is 0 Å². The van der Waals surface area contributed by atoms with Crippen LogP contribution in [0.2, 0.25) is 0 Å². The molecule has 0 saturated carbocycles. The summed E-state index contributed by atoms with van der Waals surface area (Å²) in [6.07, 6.45) is 0. The second-order valence-corrected chi connectivity index (χ2v) is 9.10. The van der Waals surface area contributed by atoms with Crippen LogP contribution in [0.4, 0.5) is 0 Å². The summed E-state index contributed by atoms with van der Waals surface area (Å²) in [5.74, 6) is 0.698. The van der Waals surface area contributed by atoms with E-state index in [4.69, 9.17) is 9.97 Å². The summed E-state index contributed by atoms with van der Waals surface area (Å²) in [7, 11) is 0.